The van der Waals surface area contributed by atoms with Crippen LogP contribution in [0.1, 0.15) is 28.4 Å². The second kappa shape index (κ2) is 9.15. The Morgan fingerprint density at radius 2 is 1.79 bits per heavy atom. The van der Waals surface area contributed by atoms with Crippen molar-refractivity contribution in [2.45, 2.75) is 13.8 Å². The van der Waals surface area contributed by atoms with Gasteiger partial charge in [0.15, 0.2) is 0 Å². The van der Waals surface area contributed by atoms with Gasteiger partial charge < -0.3 is 10.1 Å². The van der Waals surface area contributed by atoms with E-state index in [4.69, 9.17) is 4.74 Å². The number of ether oxygens (including phenoxy) is 1. The number of rotatable bonds is 6. The largest absolute Gasteiger partial charge is 0.462 e. The summed E-state index contributed by atoms with van der Waals surface area (Å²) in [4.78, 5) is 24.9. The molecule has 0 aliphatic heterocycles. The Labute approximate surface area is 168 Å². The third kappa shape index (κ3) is 4.75. The van der Waals surface area contributed by atoms with E-state index in [2.05, 4.69) is 5.32 Å². The molecule has 0 aliphatic rings. The Morgan fingerprint density at radius 1 is 1.07 bits per heavy atom. The molecule has 1 N–H and O–H groups in total. The molecule has 0 atom stereocenters. The van der Waals surface area contributed by atoms with E-state index in [-0.39, 0.29) is 12.5 Å². The van der Waals surface area contributed by atoms with Crippen LogP contribution in [0.3, 0.4) is 0 Å². The van der Waals surface area contributed by atoms with Gasteiger partial charge in [0.2, 0.25) is 5.91 Å². The summed E-state index contributed by atoms with van der Waals surface area (Å²) in [7, 11) is 0. The van der Waals surface area contributed by atoms with Crippen LogP contribution in [0.2, 0.25) is 0 Å². The molecular weight excluding hydrogens is 370 g/mol. The average Bonchev–Trinajstić information content (AvgIpc) is 3.11. The molecular formula is C23H21NO3S. The lowest BCUT2D eigenvalue weighted by atomic mass is 10.0. The van der Waals surface area contributed by atoms with Crippen molar-refractivity contribution in [3.05, 3.63) is 82.7 Å². The number of benzene rings is 2. The molecule has 28 heavy (non-hydrogen) atoms. The van der Waals surface area contributed by atoms with E-state index in [9.17, 15) is 9.59 Å². The van der Waals surface area contributed by atoms with E-state index in [1.54, 1.807) is 13.0 Å². The first kappa shape index (κ1) is 19.6. The SMILES string of the molecule is CCOC(=O)c1c(-c2ccc(C)cc2)csc1NC(=O)C=Cc1ccccc1. The van der Waals surface area contributed by atoms with Crippen molar-refractivity contribution in [2.75, 3.05) is 11.9 Å². The summed E-state index contributed by atoms with van der Waals surface area (Å²) in [6, 6.07) is 17.4. The van der Waals surface area contributed by atoms with Crippen molar-refractivity contribution in [3.8, 4) is 11.1 Å². The molecule has 0 bridgehead atoms. The zero-order valence-corrected chi connectivity index (χ0v) is 16.6. The molecule has 1 aromatic heterocycles. The molecule has 142 valence electrons. The van der Waals surface area contributed by atoms with Crippen molar-refractivity contribution in [1.29, 1.82) is 0 Å². The first-order chi connectivity index (χ1) is 13.6. The van der Waals surface area contributed by atoms with E-state index in [0.717, 1.165) is 22.3 Å². The van der Waals surface area contributed by atoms with Crippen LogP contribution in [-0.4, -0.2) is 18.5 Å². The van der Waals surface area contributed by atoms with Gasteiger partial charge in [-0.25, -0.2) is 4.79 Å². The second-order valence-corrected chi connectivity index (χ2v) is 7.05. The Bertz CT molecular complexity index is 988. The van der Waals surface area contributed by atoms with Crippen molar-refractivity contribution in [3.63, 3.8) is 0 Å². The maximum absolute atomic E-state index is 12.6. The molecule has 3 rings (SSSR count). The van der Waals surface area contributed by atoms with Crippen LogP contribution in [-0.2, 0) is 9.53 Å². The van der Waals surface area contributed by atoms with Gasteiger partial charge in [0, 0.05) is 17.0 Å². The fourth-order valence-corrected chi connectivity index (χ4v) is 3.65. The van der Waals surface area contributed by atoms with Gasteiger partial charge in [0.05, 0.1) is 6.61 Å². The molecule has 3 aromatic rings. The fraction of sp³-hybridized carbons (Fsp3) is 0.130. The van der Waals surface area contributed by atoms with Crippen LogP contribution >= 0.6 is 11.3 Å². The predicted molar refractivity (Wildman–Crippen MR) is 115 cm³/mol. The first-order valence-electron chi connectivity index (χ1n) is 8.98. The third-order valence-electron chi connectivity index (χ3n) is 4.10. The number of anilines is 1. The number of aryl methyl sites for hydroxylation is 1. The molecule has 0 aliphatic carbocycles. The van der Waals surface area contributed by atoms with E-state index in [1.807, 2.05) is 66.9 Å². The van der Waals surface area contributed by atoms with Crippen LogP contribution in [0.4, 0.5) is 5.00 Å². The number of nitrogens with one attached hydrogen (secondary N) is 1. The lowest BCUT2D eigenvalue weighted by Gasteiger charge is -2.08. The average molecular weight is 391 g/mol. The molecule has 0 saturated heterocycles. The summed E-state index contributed by atoms with van der Waals surface area (Å²) in [6.07, 6.45) is 3.18. The Balaban J connectivity index is 1.88. The molecule has 2 aromatic carbocycles. The maximum atomic E-state index is 12.6. The first-order valence-corrected chi connectivity index (χ1v) is 9.86. The number of hydrogen-bond acceptors (Lipinski definition) is 4. The minimum atomic E-state index is -0.443. The van der Waals surface area contributed by atoms with E-state index in [0.29, 0.717) is 10.6 Å². The molecule has 5 heteroatoms. The fourth-order valence-electron chi connectivity index (χ4n) is 2.69. The lowest BCUT2D eigenvalue weighted by Crippen LogP contribution is -2.12. The smallest absolute Gasteiger partial charge is 0.341 e. The highest BCUT2D eigenvalue weighted by atomic mass is 32.1. The number of esters is 1. The van der Waals surface area contributed by atoms with Crippen LogP contribution in [0.5, 0.6) is 0 Å². The van der Waals surface area contributed by atoms with Gasteiger partial charge >= 0.3 is 5.97 Å². The van der Waals surface area contributed by atoms with Crippen LogP contribution in [0, 0.1) is 6.92 Å². The molecule has 0 spiro atoms. The summed E-state index contributed by atoms with van der Waals surface area (Å²) in [6.45, 7) is 4.04. The van der Waals surface area contributed by atoms with Crippen LogP contribution < -0.4 is 5.32 Å². The monoisotopic (exact) mass is 391 g/mol. The number of hydrogen-bond donors (Lipinski definition) is 1. The highest BCUT2D eigenvalue weighted by Gasteiger charge is 2.22. The van der Waals surface area contributed by atoms with E-state index < -0.39 is 5.97 Å². The highest BCUT2D eigenvalue weighted by Crippen LogP contribution is 2.36. The molecule has 0 fully saturated rings. The van der Waals surface area contributed by atoms with Crippen molar-refractivity contribution >= 4 is 34.3 Å². The standard InChI is InChI=1S/C23H21NO3S/c1-3-27-23(26)21-19(18-12-9-16(2)10-13-18)15-28-22(21)24-20(25)14-11-17-7-5-4-6-8-17/h4-15H,3H2,1-2H3,(H,24,25). The van der Waals surface area contributed by atoms with Crippen molar-refractivity contribution in [2.24, 2.45) is 0 Å². The van der Waals surface area contributed by atoms with Gasteiger partial charge in [-0.05, 0) is 31.1 Å². The normalized spacial score (nSPS) is 10.8. The van der Waals surface area contributed by atoms with Gasteiger partial charge in [-0.2, -0.15) is 0 Å². The van der Waals surface area contributed by atoms with E-state index >= 15 is 0 Å². The molecule has 0 unspecified atom stereocenters. The van der Waals surface area contributed by atoms with Crippen LogP contribution in [0.25, 0.3) is 17.2 Å². The minimum Gasteiger partial charge on any atom is -0.462 e. The Morgan fingerprint density at radius 3 is 2.46 bits per heavy atom. The number of carbonyl (C=O) groups excluding carboxylic acids is 2. The third-order valence-corrected chi connectivity index (χ3v) is 4.99. The summed E-state index contributed by atoms with van der Waals surface area (Å²) < 4.78 is 5.22. The summed E-state index contributed by atoms with van der Waals surface area (Å²) >= 11 is 1.31. The summed E-state index contributed by atoms with van der Waals surface area (Å²) in [5.41, 5.74) is 4.11. The van der Waals surface area contributed by atoms with Crippen LogP contribution in [0.15, 0.2) is 66.1 Å². The zero-order valence-electron chi connectivity index (χ0n) is 15.8. The van der Waals surface area contributed by atoms with Gasteiger partial charge in [-0.15, -0.1) is 11.3 Å². The summed E-state index contributed by atoms with van der Waals surface area (Å²) in [5, 5.41) is 5.17. The van der Waals surface area contributed by atoms with Crippen molar-refractivity contribution in [1.82, 2.24) is 0 Å². The molecule has 4 nitrogen and oxygen atoms in total. The molecule has 1 heterocycles. The highest BCUT2D eigenvalue weighted by molar-refractivity contribution is 7.15. The van der Waals surface area contributed by atoms with Gasteiger partial charge in [-0.1, -0.05) is 60.2 Å². The quantitative estimate of drug-likeness (QED) is 0.443. The molecule has 0 saturated carbocycles. The predicted octanol–water partition coefficient (Wildman–Crippen LogP) is 5.55. The van der Waals surface area contributed by atoms with Gasteiger partial charge in [-0.3, -0.25) is 4.79 Å². The molecule has 1 amide bonds. The Hall–Kier alpha value is -3.18. The zero-order chi connectivity index (χ0) is 19.9. The molecule has 0 radical (unpaired) electrons. The van der Waals surface area contributed by atoms with Gasteiger partial charge in [0.25, 0.3) is 0 Å². The van der Waals surface area contributed by atoms with E-state index in [1.165, 1.54) is 17.4 Å². The second-order valence-electron chi connectivity index (χ2n) is 6.17. The number of carbonyl (C=O) groups is 2. The Kier molecular flexibility index (Phi) is 6.40. The lowest BCUT2D eigenvalue weighted by molar-refractivity contribution is -0.111. The van der Waals surface area contributed by atoms with Crippen molar-refractivity contribution < 1.29 is 14.3 Å². The van der Waals surface area contributed by atoms with Gasteiger partial charge in [0.1, 0.15) is 10.6 Å². The topological polar surface area (TPSA) is 55.4 Å². The summed E-state index contributed by atoms with van der Waals surface area (Å²) in [5.74, 6) is -0.742. The minimum absolute atomic E-state index is 0.267. The maximum Gasteiger partial charge on any atom is 0.341 e. The number of amides is 1. The number of thiophene rings is 1.